The summed E-state index contributed by atoms with van der Waals surface area (Å²) in [7, 11) is 0. The van der Waals surface area contributed by atoms with Gasteiger partial charge < -0.3 is 15.2 Å². The van der Waals surface area contributed by atoms with Crippen LogP contribution in [-0.2, 0) is 16.1 Å². The monoisotopic (exact) mass is 249 g/mol. The summed E-state index contributed by atoms with van der Waals surface area (Å²) in [5.41, 5.74) is 0.570. The second-order valence-corrected chi connectivity index (χ2v) is 5.10. The molecule has 0 aliphatic carbocycles. The molecule has 2 atom stereocenters. The molecule has 4 heteroatoms. The van der Waals surface area contributed by atoms with Crippen LogP contribution in [0.25, 0.3) is 0 Å². The third-order valence-corrected chi connectivity index (χ3v) is 3.33. The SMILES string of the molecule is C[C@@]1(COCc2ccccc2)C[C@@H](CO)NC1=O. The lowest BCUT2D eigenvalue weighted by atomic mass is 9.88. The highest BCUT2D eigenvalue weighted by atomic mass is 16.5. The smallest absolute Gasteiger partial charge is 0.228 e. The van der Waals surface area contributed by atoms with Gasteiger partial charge >= 0.3 is 0 Å². The number of aliphatic hydroxyl groups excluding tert-OH is 1. The Morgan fingerprint density at radius 3 is 2.78 bits per heavy atom. The molecule has 0 saturated carbocycles. The van der Waals surface area contributed by atoms with Crippen LogP contribution in [0, 0.1) is 5.41 Å². The van der Waals surface area contributed by atoms with Crippen LogP contribution >= 0.6 is 0 Å². The first kappa shape index (κ1) is 13.1. The minimum absolute atomic E-state index is 0.0139. The van der Waals surface area contributed by atoms with E-state index in [4.69, 9.17) is 9.84 Å². The van der Waals surface area contributed by atoms with Crippen molar-refractivity contribution in [3.8, 4) is 0 Å². The minimum Gasteiger partial charge on any atom is -0.394 e. The van der Waals surface area contributed by atoms with Crippen molar-refractivity contribution in [2.24, 2.45) is 5.41 Å². The van der Waals surface area contributed by atoms with Crippen LogP contribution in [0.2, 0.25) is 0 Å². The minimum atomic E-state index is -0.526. The summed E-state index contributed by atoms with van der Waals surface area (Å²) in [6, 6.07) is 9.74. The lowest BCUT2D eigenvalue weighted by Crippen LogP contribution is -2.33. The average molecular weight is 249 g/mol. The van der Waals surface area contributed by atoms with Crippen LogP contribution in [0.4, 0.5) is 0 Å². The predicted octanol–water partition coefficient (Wildman–Crippen LogP) is 1.09. The third-order valence-electron chi connectivity index (χ3n) is 3.33. The summed E-state index contributed by atoms with van der Waals surface area (Å²) < 4.78 is 5.63. The molecule has 0 radical (unpaired) electrons. The number of ether oxygens (including phenoxy) is 1. The summed E-state index contributed by atoms with van der Waals surface area (Å²) in [6.07, 6.45) is 0.622. The zero-order valence-electron chi connectivity index (χ0n) is 10.6. The molecule has 1 aromatic rings. The molecule has 2 rings (SSSR count). The summed E-state index contributed by atoms with van der Waals surface area (Å²) in [4.78, 5) is 11.8. The second-order valence-electron chi connectivity index (χ2n) is 5.10. The van der Waals surface area contributed by atoms with E-state index in [1.54, 1.807) is 0 Å². The Balaban J connectivity index is 1.85. The molecular formula is C14H19NO3. The van der Waals surface area contributed by atoms with E-state index in [-0.39, 0.29) is 18.6 Å². The average Bonchev–Trinajstić information content (AvgIpc) is 2.67. The highest BCUT2D eigenvalue weighted by Gasteiger charge is 2.42. The molecule has 0 aromatic heterocycles. The molecule has 1 aliphatic heterocycles. The van der Waals surface area contributed by atoms with E-state index >= 15 is 0 Å². The molecule has 1 saturated heterocycles. The molecule has 98 valence electrons. The molecule has 1 fully saturated rings. The molecule has 18 heavy (non-hydrogen) atoms. The standard InChI is InChI=1S/C14H19NO3/c1-14(7-12(8-16)15-13(14)17)10-18-9-11-5-3-2-4-6-11/h2-6,12,16H,7-10H2,1H3,(H,15,17)/t12-,14-/m0/s1. The van der Waals surface area contributed by atoms with Gasteiger partial charge in [0.15, 0.2) is 0 Å². The number of aliphatic hydroxyl groups is 1. The van der Waals surface area contributed by atoms with Gasteiger partial charge in [-0.05, 0) is 18.9 Å². The molecule has 1 aromatic carbocycles. The van der Waals surface area contributed by atoms with Crippen molar-refractivity contribution in [3.05, 3.63) is 35.9 Å². The van der Waals surface area contributed by atoms with Crippen molar-refractivity contribution in [3.63, 3.8) is 0 Å². The van der Waals surface area contributed by atoms with E-state index in [2.05, 4.69) is 5.32 Å². The maximum Gasteiger partial charge on any atom is 0.228 e. The highest BCUT2D eigenvalue weighted by molar-refractivity contribution is 5.85. The van der Waals surface area contributed by atoms with Gasteiger partial charge in [-0.1, -0.05) is 30.3 Å². The fraction of sp³-hybridized carbons (Fsp3) is 0.500. The lowest BCUT2D eigenvalue weighted by Gasteiger charge is -2.20. The molecule has 0 bridgehead atoms. The van der Waals surface area contributed by atoms with E-state index < -0.39 is 5.41 Å². The number of hydrogen-bond acceptors (Lipinski definition) is 3. The molecule has 0 spiro atoms. The first-order chi connectivity index (χ1) is 8.64. The topological polar surface area (TPSA) is 58.6 Å². The van der Waals surface area contributed by atoms with Gasteiger partial charge in [-0.25, -0.2) is 0 Å². The van der Waals surface area contributed by atoms with E-state index in [1.807, 2.05) is 37.3 Å². The molecular weight excluding hydrogens is 230 g/mol. The van der Waals surface area contributed by atoms with Gasteiger partial charge in [-0.15, -0.1) is 0 Å². The predicted molar refractivity (Wildman–Crippen MR) is 67.8 cm³/mol. The number of carbonyl (C=O) groups is 1. The Morgan fingerprint density at radius 1 is 1.44 bits per heavy atom. The van der Waals surface area contributed by atoms with Gasteiger partial charge in [0.2, 0.25) is 5.91 Å². The van der Waals surface area contributed by atoms with Crippen molar-refractivity contribution < 1.29 is 14.6 Å². The quantitative estimate of drug-likeness (QED) is 0.821. The number of nitrogens with one attached hydrogen (secondary N) is 1. The molecule has 0 unspecified atom stereocenters. The van der Waals surface area contributed by atoms with Crippen LogP contribution in [0.5, 0.6) is 0 Å². The summed E-state index contributed by atoms with van der Waals surface area (Å²) in [6.45, 7) is 2.75. The number of hydrogen-bond donors (Lipinski definition) is 2. The van der Waals surface area contributed by atoms with Gasteiger partial charge in [0.1, 0.15) is 0 Å². The Morgan fingerprint density at radius 2 is 2.17 bits per heavy atom. The van der Waals surface area contributed by atoms with Crippen molar-refractivity contribution in [1.82, 2.24) is 5.32 Å². The maximum atomic E-state index is 11.8. The largest absolute Gasteiger partial charge is 0.394 e. The van der Waals surface area contributed by atoms with Crippen LogP contribution in [-0.4, -0.2) is 30.3 Å². The molecule has 4 nitrogen and oxygen atoms in total. The Kier molecular flexibility index (Phi) is 3.99. The first-order valence-electron chi connectivity index (χ1n) is 6.17. The zero-order valence-corrected chi connectivity index (χ0v) is 10.6. The molecule has 1 aliphatic rings. The third kappa shape index (κ3) is 2.89. The normalized spacial score (nSPS) is 27.2. The maximum absolute atomic E-state index is 11.8. The number of rotatable bonds is 5. The van der Waals surface area contributed by atoms with Gasteiger partial charge in [0, 0.05) is 0 Å². The van der Waals surface area contributed by atoms with Crippen LogP contribution in [0.15, 0.2) is 30.3 Å². The van der Waals surface area contributed by atoms with Gasteiger partial charge in [0.25, 0.3) is 0 Å². The molecule has 1 amide bonds. The van der Waals surface area contributed by atoms with E-state index in [1.165, 1.54) is 0 Å². The van der Waals surface area contributed by atoms with Gasteiger partial charge in [0.05, 0.1) is 31.3 Å². The van der Waals surface area contributed by atoms with Crippen LogP contribution < -0.4 is 5.32 Å². The highest BCUT2D eigenvalue weighted by Crippen LogP contribution is 2.30. The fourth-order valence-corrected chi connectivity index (χ4v) is 2.25. The fourth-order valence-electron chi connectivity index (χ4n) is 2.25. The first-order valence-corrected chi connectivity index (χ1v) is 6.17. The second kappa shape index (κ2) is 5.50. The summed E-state index contributed by atoms with van der Waals surface area (Å²) in [5.74, 6) is -0.0328. The Hall–Kier alpha value is -1.39. The molecule has 1 heterocycles. The lowest BCUT2D eigenvalue weighted by molar-refractivity contribution is -0.130. The summed E-state index contributed by atoms with van der Waals surface area (Å²) >= 11 is 0. The van der Waals surface area contributed by atoms with Crippen molar-refractivity contribution >= 4 is 5.91 Å². The van der Waals surface area contributed by atoms with Crippen LogP contribution in [0.3, 0.4) is 0 Å². The van der Waals surface area contributed by atoms with Gasteiger partial charge in [-0.2, -0.15) is 0 Å². The van der Waals surface area contributed by atoms with Gasteiger partial charge in [-0.3, -0.25) is 4.79 Å². The molecule has 2 N–H and O–H groups in total. The number of amides is 1. The van der Waals surface area contributed by atoms with Crippen molar-refractivity contribution in [1.29, 1.82) is 0 Å². The summed E-state index contributed by atoms with van der Waals surface area (Å²) in [5, 5.41) is 11.8. The van der Waals surface area contributed by atoms with E-state index in [0.717, 1.165) is 5.56 Å². The van der Waals surface area contributed by atoms with E-state index in [9.17, 15) is 4.79 Å². The number of benzene rings is 1. The van der Waals surface area contributed by atoms with Crippen molar-refractivity contribution in [2.45, 2.75) is 26.0 Å². The number of carbonyl (C=O) groups excluding carboxylic acids is 1. The zero-order chi connectivity index (χ0) is 13.0. The van der Waals surface area contributed by atoms with Crippen LogP contribution in [0.1, 0.15) is 18.9 Å². The Labute approximate surface area is 107 Å². The van der Waals surface area contributed by atoms with Crippen molar-refractivity contribution in [2.75, 3.05) is 13.2 Å². The Bertz CT molecular complexity index is 407. The van der Waals surface area contributed by atoms with E-state index in [0.29, 0.717) is 19.6 Å².